The van der Waals surface area contributed by atoms with Gasteiger partial charge in [-0.25, -0.2) is 0 Å². The van der Waals surface area contributed by atoms with Crippen LogP contribution in [0.1, 0.15) is 25.1 Å². The molecule has 0 saturated heterocycles. The first-order valence-electron chi connectivity index (χ1n) is 5.09. The molecule has 2 nitrogen and oxygen atoms in total. The Labute approximate surface area is 86.3 Å². The van der Waals surface area contributed by atoms with E-state index in [1.807, 2.05) is 12.3 Å². The normalized spacial score (nSPS) is 10.5. The van der Waals surface area contributed by atoms with Gasteiger partial charge in [-0.1, -0.05) is 26.5 Å². The molecule has 0 aliphatic heterocycles. The third-order valence-corrected chi connectivity index (χ3v) is 2.36. The first-order chi connectivity index (χ1) is 6.80. The predicted molar refractivity (Wildman–Crippen MR) is 61.0 cm³/mol. The van der Waals surface area contributed by atoms with Crippen LogP contribution in [0.2, 0.25) is 0 Å². The van der Waals surface area contributed by atoms with E-state index in [1.54, 1.807) is 6.08 Å². The predicted octanol–water partition coefficient (Wildman–Crippen LogP) is 2.57. The fraction of sp³-hybridized carbons (Fsp3) is 0.417. The molecule has 0 aromatic carbocycles. The minimum absolute atomic E-state index is 0.938. The average molecular weight is 190 g/mol. The van der Waals surface area contributed by atoms with E-state index in [0.717, 1.165) is 25.3 Å². The molecule has 0 atom stereocenters. The number of hydrogen-bond acceptors (Lipinski definition) is 2. The van der Waals surface area contributed by atoms with Gasteiger partial charge >= 0.3 is 0 Å². The van der Waals surface area contributed by atoms with E-state index < -0.39 is 0 Å². The molecule has 1 rings (SSSR count). The van der Waals surface area contributed by atoms with Crippen molar-refractivity contribution in [3.63, 3.8) is 0 Å². The van der Waals surface area contributed by atoms with Crippen LogP contribution in [0.25, 0.3) is 6.08 Å². The molecule has 14 heavy (non-hydrogen) atoms. The Morgan fingerprint density at radius 2 is 2.07 bits per heavy atom. The van der Waals surface area contributed by atoms with Gasteiger partial charge in [0.25, 0.3) is 0 Å². The van der Waals surface area contributed by atoms with Gasteiger partial charge in [0.15, 0.2) is 0 Å². The van der Waals surface area contributed by atoms with Crippen molar-refractivity contribution >= 4 is 6.08 Å². The van der Waals surface area contributed by atoms with E-state index in [1.165, 1.54) is 5.56 Å². The highest BCUT2D eigenvalue weighted by atomic mass is 15.1. The van der Waals surface area contributed by atoms with Gasteiger partial charge in [-0.15, -0.1) is 0 Å². The second kappa shape index (κ2) is 5.55. The molecule has 0 spiro atoms. The molecule has 1 aromatic heterocycles. The number of rotatable bonds is 5. The van der Waals surface area contributed by atoms with Crippen LogP contribution in [-0.4, -0.2) is 23.0 Å². The Morgan fingerprint density at radius 1 is 1.36 bits per heavy atom. The molecule has 0 aliphatic carbocycles. The molecule has 1 heterocycles. The molecular weight excluding hydrogens is 172 g/mol. The SMILES string of the molecule is C=Cc1ccc(CN(CC)CC)cn1. The van der Waals surface area contributed by atoms with Crippen molar-refractivity contribution < 1.29 is 0 Å². The molecular formula is C12H18N2. The van der Waals surface area contributed by atoms with Crippen LogP contribution in [0, 0.1) is 0 Å². The van der Waals surface area contributed by atoms with E-state index in [9.17, 15) is 0 Å². The standard InChI is InChI=1S/C12H18N2/c1-4-12-8-7-11(9-13-12)10-14(5-2)6-3/h4,7-9H,1,5-6,10H2,2-3H3. The quantitative estimate of drug-likeness (QED) is 0.709. The Balaban J connectivity index is 2.63. The lowest BCUT2D eigenvalue weighted by Gasteiger charge is -2.17. The van der Waals surface area contributed by atoms with Crippen LogP contribution >= 0.6 is 0 Å². The van der Waals surface area contributed by atoms with Crippen LogP contribution in [0.15, 0.2) is 24.9 Å². The summed E-state index contributed by atoms with van der Waals surface area (Å²) in [5.74, 6) is 0. The van der Waals surface area contributed by atoms with Crippen LogP contribution < -0.4 is 0 Å². The maximum Gasteiger partial charge on any atom is 0.0623 e. The zero-order chi connectivity index (χ0) is 10.4. The molecule has 0 N–H and O–H groups in total. The van der Waals surface area contributed by atoms with Crippen LogP contribution in [0.3, 0.4) is 0 Å². The summed E-state index contributed by atoms with van der Waals surface area (Å²) in [5, 5.41) is 0. The molecule has 1 aromatic rings. The highest BCUT2D eigenvalue weighted by molar-refractivity contribution is 5.41. The Bertz CT molecular complexity index is 273. The van der Waals surface area contributed by atoms with E-state index in [-0.39, 0.29) is 0 Å². The summed E-state index contributed by atoms with van der Waals surface area (Å²) in [6.07, 6.45) is 3.69. The smallest absolute Gasteiger partial charge is 0.0623 e. The summed E-state index contributed by atoms with van der Waals surface area (Å²) in [6.45, 7) is 11.2. The lowest BCUT2D eigenvalue weighted by molar-refractivity contribution is 0.295. The van der Waals surface area contributed by atoms with Crippen molar-refractivity contribution in [2.24, 2.45) is 0 Å². The second-order valence-corrected chi connectivity index (χ2v) is 3.26. The molecule has 0 saturated carbocycles. The lowest BCUT2D eigenvalue weighted by Crippen LogP contribution is -2.22. The van der Waals surface area contributed by atoms with Crippen molar-refractivity contribution in [1.82, 2.24) is 9.88 Å². The zero-order valence-electron chi connectivity index (χ0n) is 9.03. The molecule has 76 valence electrons. The number of nitrogens with zero attached hydrogens (tertiary/aromatic N) is 2. The van der Waals surface area contributed by atoms with Gasteiger partial charge in [0.2, 0.25) is 0 Å². The topological polar surface area (TPSA) is 16.1 Å². The van der Waals surface area contributed by atoms with E-state index >= 15 is 0 Å². The zero-order valence-corrected chi connectivity index (χ0v) is 9.03. The largest absolute Gasteiger partial charge is 0.300 e. The summed E-state index contributed by atoms with van der Waals surface area (Å²) in [5.41, 5.74) is 2.20. The van der Waals surface area contributed by atoms with Gasteiger partial charge in [0.1, 0.15) is 0 Å². The summed E-state index contributed by atoms with van der Waals surface area (Å²) < 4.78 is 0. The van der Waals surface area contributed by atoms with E-state index in [2.05, 4.69) is 36.4 Å². The molecule has 0 aliphatic rings. The summed E-state index contributed by atoms with van der Waals surface area (Å²) >= 11 is 0. The highest BCUT2D eigenvalue weighted by Crippen LogP contribution is 2.04. The molecule has 0 fully saturated rings. The minimum atomic E-state index is 0.938. The van der Waals surface area contributed by atoms with Crippen LogP contribution in [0.4, 0.5) is 0 Å². The van der Waals surface area contributed by atoms with Gasteiger partial charge in [-0.2, -0.15) is 0 Å². The summed E-state index contributed by atoms with van der Waals surface area (Å²) in [6, 6.07) is 4.12. The minimum Gasteiger partial charge on any atom is -0.300 e. The average Bonchev–Trinajstić information content (AvgIpc) is 2.26. The van der Waals surface area contributed by atoms with Crippen LogP contribution in [0.5, 0.6) is 0 Å². The van der Waals surface area contributed by atoms with E-state index in [0.29, 0.717) is 0 Å². The fourth-order valence-electron chi connectivity index (χ4n) is 1.36. The molecule has 0 unspecified atom stereocenters. The molecule has 0 radical (unpaired) electrons. The maximum atomic E-state index is 4.27. The van der Waals surface area contributed by atoms with Gasteiger partial charge in [-0.3, -0.25) is 9.88 Å². The van der Waals surface area contributed by atoms with Crippen molar-refractivity contribution in [2.45, 2.75) is 20.4 Å². The third-order valence-electron chi connectivity index (χ3n) is 2.36. The fourth-order valence-corrected chi connectivity index (χ4v) is 1.36. The van der Waals surface area contributed by atoms with Gasteiger partial charge in [-0.05, 0) is 30.8 Å². The number of hydrogen-bond donors (Lipinski definition) is 0. The first kappa shape index (κ1) is 10.9. The van der Waals surface area contributed by atoms with Gasteiger partial charge < -0.3 is 0 Å². The summed E-state index contributed by atoms with van der Waals surface area (Å²) in [7, 11) is 0. The highest BCUT2D eigenvalue weighted by Gasteiger charge is 2.00. The van der Waals surface area contributed by atoms with Gasteiger partial charge in [0.05, 0.1) is 5.69 Å². The third kappa shape index (κ3) is 2.96. The monoisotopic (exact) mass is 190 g/mol. The molecule has 2 heteroatoms. The Hall–Kier alpha value is -1.15. The Kier molecular flexibility index (Phi) is 4.33. The Morgan fingerprint density at radius 3 is 2.50 bits per heavy atom. The summed E-state index contributed by atoms with van der Waals surface area (Å²) in [4.78, 5) is 6.64. The van der Waals surface area contributed by atoms with Crippen molar-refractivity contribution in [1.29, 1.82) is 0 Å². The first-order valence-corrected chi connectivity index (χ1v) is 5.09. The van der Waals surface area contributed by atoms with E-state index in [4.69, 9.17) is 0 Å². The van der Waals surface area contributed by atoms with Crippen molar-refractivity contribution in [2.75, 3.05) is 13.1 Å². The van der Waals surface area contributed by atoms with Gasteiger partial charge in [0, 0.05) is 12.7 Å². The number of aromatic nitrogens is 1. The van der Waals surface area contributed by atoms with Crippen molar-refractivity contribution in [3.8, 4) is 0 Å². The molecule has 0 amide bonds. The molecule has 0 bridgehead atoms. The maximum absolute atomic E-state index is 4.27. The second-order valence-electron chi connectivity index (χ2n) is 3.26. The number of pyridine rings is 1. The lowest BCUT2D eigenvalue weighted by atomic mass is 10.2. The van der Waals surface area contributed by atoms with Crippen molar-refractivity contribution in [3.05, 3.63) is 36.2 Å². The van der Waals surface area contributed by atoms with Crippen LogP contribution in [-0.2, 0) is 6.54 Å².